The van der Waals surface area contributed by atoms with Gasteiger partial charge in [-0.25, -0.2) is 4.98 Å². The van der Waals surface area contributed by atoms with Crippen molar-refractivity contribution in [3.63, 3.8) is 0 Å². The van der Waals surface area contributed by atoms with E-state index in [2.05, 4.69) is 11.9 Å². The minimum Gasteiger partial charge on any atom is -0.394 e. The van der Waals surface area contributed by atoms with Gasteiger partial charge in [0, 0.05) is 18.8 Å². The third kappa shape index (κ3) is 1.85. The molecule has 1 unspecified atom stereocenters. The summed E-state index contributed by atoms with van der Waals surface area (Å²) in [6.07, 6.45) is 5.79. The van der Waals surface area contributed by atoms with Gasteiger partial charge >= 0.3 is 0 Å². The summed E-state index contributed by atoms with van der Waals surface area (Å²) in [5, 5.41) is 8.95. The molecule has 0 saturated heterocycles. The van der Waals surface area contributed by atoms with E-state index < -0.39 is 0 Å². The van der Waals surface area contributed by atoms with Crippen LogP contribution in [0.15, 0.2) is 12.4 Å². The number of aliphatic hydroxyl groups excluding tert-OH is 1. The van der Waals surface area contributed by atoms with Crippen LogP contribution in [0.25, 0.3) is 0 Å². The Labute approximate surface area is 73.1 Å². The lowest BCUT2D eigenvalue weighted by Crippen LogP contribution is -2.11. The molecule has 0 aliphatic heterocycles. The molecule has 0 bridgehead atoms. The zero-order chi connectivity index (χ0) is 8.97. The van der Waals surface area contributed by atoms with Crippen molar-refractivity contribution in [2.45, 2.75) is 32.7 Å². The SMILES string of the molecule is CCCc1nccn1C(C)CO. The van der Waals surface area contributed by atoms with E-state index in [0.29, 0.717) is 0 Å². The monoisotopic (exact) mass is 168 g/mol. The van der Waals surface area contributed by atoms with Crippen molar-refractivity contribution in [1.82, 2.24) is 9.55 Å². The van der Waals surface area contributed by atoms with Crippen LogP contribution in [0.5, 0.6) is 0 Å². The van der Waals surface area contributed by atoms with Crippen molar-refractivity contribution in [3.05, 3.63) is 18.2 Å². The first-order valence-electron chi connectivity index (χ1n) is 4.42. The van der Waals surface area contributed by atoms with Crippen LogP contribution in [0.1, 0.15) is 32.1 Å². The summed E-state index contributed by atoms with van der Waals surface area (Å²) in [5.74, 6) is 1.07. The molecule has 0 amide bonds. The van der Waals surface area contributed by atoms with Crippen LogP contribution in [0.2, 0.25) is 0 Å². The van der Waals surface area contributed by atoms with Crippen molar-refractivity contribution in [2.75, 3.05) is 6.61 Å². The van der Waals surface area contributed by atoms with Gasteiger partial charge < -0.3 is 9.67 Å². The molecule has 0 aliphatic carbocycles. The standard InChI is InChI=1S/C9H16N2O/c1-3-4-9-10-5-6-11(9)8(2)7-12/h5-6,8,12H,3-4,7H2,1-2H3. The second-order valence-electron chi connectivity index (χ2n) is 3.03. The van der Waals surface area contributed by atoms with Crippen molar-refractivity contribution < 1.29 is 5.11 Å². The Morgan fingerprint density at radius 2 is 2.42 bits per heavy atom. The highest BCUT2D eigenvalue weighted by molar-refractivity contribution is 4.94. The van der Waals surface area contributed by atoms with Crippen LogP contribution in [0.3, 0.4) is 0 Å². The summed E-state index contributed by atoms with van der Waals surface area (Å²) in [6.45, 7) is 4.29. The quantitative estimate of drug-likeness (QED) is 0.737. The normalized spacial score (nSPS) is 13.2. The molecule has 1 rings (SSSR count). The van der Waals surface area contributed by atoms with Crippen LogP contribution in [0, 0.1) is 0 Å². The zero-order valence-corrected chi connectivity index (χ0v) is 7.70. The van der Waals surface area contributed by atoms with Crippen LogP contribution >= 0.6 is 0 Å². The Hall–Kier alpha value is -0.830. The fourth-order valence-corrected chi connectivity index (χ4v) is 1.25. The molecule has 3 heteroatoms. The summed E-state index contributed by atoms with van der Waals surface area (Å²) in [7, 11) is 0. The molecule has 1 aromatic heterocycles. The largest absolute Gasteiger partial charge is 0.394 e. The second-order valence-corrected chi connectivity index (χ2v) is 3.03. The molecule has 1 heterocycles. The predicted octanol–water partition coefficient (Wildman–Crippen LogP) is 1.39. The molecule has 0 aliphatic rings. The van der Waals surface area contributed by atoms with Crippen LogP contribution < -0.4 is 0 Å². The molecule has 12 heavy (non-hydrogen) atoms. The predicted molar refractivity (Wildman–Crippen MR) is 48.0 cm³/mol. The van der Waals surface area contributed by atoms with Gasteiger partial charge in [-0.2, -0.15) is 0 Å². The molecule has 68 valence electrons. The highest BCUT2D eigenvalue weighted by Gasteiger charge is 2.06. The number of hydrogen-bond donors (Lipinski definition) is 1. The van der Waals surface area contributed by atoms with E-state index in [4.69, 9.17) is 5.11 Å². The molecule has 3 nitrogen and oxygen atoms in total. The maximum Gasteiger partial charge on any atom is 0.108 e. The molecular formula is C9H16N2O. The van der Waals surface area contributed by atoms with E-state index in [9.17, 15) is 0 Å². The van der Waals surface area contributed by atoms with Gasteiger partial charge in [-0.1, -0.05) is 6.92 Å². The van der Waals surface area contributed by atoms with Crippen molar-refractivity contribution in [3.8, 4) is 0 Å². The van der Waals surface area contributed by atoms with E-state index in [1.807, 2.05) is 17.7 Å². The molecular weight excluding hydrogens is 152 g/mol. The molecule has 1 aromatic rings. The highest BCUT2D eigenvalue weighted by Crippen LogP contribution is 2.09. The molecule has 0 aromatic carbocycles. The number of rotatable bonds is 4. The number of aromatic nitrogens is 2. The molecule has 0 saturated carbocycles. The van der Waals surface area contributed by atoms with E-state index in [-0.39, 0.29) is 12.6 Å². The van der Waals surface area contributed by atoms with Gasteiger partial charge in [-0.3, -0.25) is 0 Å². The fraction of sp³-hybridized carbons (Fsp3) is 0.667. The highest BCUT2D eigenvalue weighted by atomic mass is 16.3. The summed E-state index contributed by atoms with van der Waals surface area (Å²) in [5.41, 5.74) is 0. The smallest absolute Gasteiger partial charge is 0.108 e. The van der Waals surface area contributed by atoms with Gasteiger partial charge in [0.25, 0.3) is 0 Å². The summed E-state index contributed by atoms with van der Waals surface area (Å²) < 4.78 is 2.03. The van der Waals surface area contributed by atoms with Gasteiger partial charge in [0.05, 0.1) is 12.6 Å². The van der Waals surface area contributed by atoms with Gasteiger partial charge in [-0.15, -0.1) is 0 Å². The molecule has 1 atom stereocenters. The van der Waals surface area contributed by atoms with Gasteiger partial charge in [0.2, 0.25) is 0 Å². The molecule has 0 radical (unpaired) electrons. The van der Waals surface area contributed by atoms with E-state index in [0.717, 1.165) is 18.7 Å². The Bertz CT molecular complexity index is 232. The minimum atomic E-state index is 0.147. The number of nitrogens with zero attached hydrogens (tertiary/aromatic N) is 2. The summed E-state index contributed by atoms with van der Waals surface area (Å²) in [4.78, 5) is 4.23. The molecule has 1 N–H and O–H groups in total. The van der Waals surface area contributed by atoms with Crippen LogP contribution in [0.4, 0.5) is 0 Å². The topological polar surface area (TPSA) is 38.0 Å². The van der Waals surface area contributed by atoms with E-state index >= 15 is 0 Å². The number of hydrogen-bond acceptors (Lipinski definition) is 2. The van der Waals surface area contributed by atoms with Crippen LogP contribution in [-0.4, -0.2) is 21.3 Å². The Morgan fingerprint density at radius 1 is 1.67 bits per heavy atom. The van der Waals surface area contributed by atoms with E-state index in [1.165, 1.54) is 0 Å². The number of aliphatic hydroxyl groups is 1. The lowest BCUT2D eigenvalue weighted by molar-refractivity contribution is 0.236. The number of imidazole rings is 1. The van der Waals surface area contributed by atoms with Crippen molar-refractivity contribution in [2.24, 2.45) is 0 Å². The number of aryl methyl sites for hydroxylation is 1. The first-order chi connectivity index (χ1) is 5.79. The first-order valence-corrected chi connectivity index (χ1v) is 4.42. The van der Waals surface area contributed by atoms with Crippen molar-refractivity contribution >= 4 is 0 Å². The fourth-order valence-electron chi connectivity index (χ4n) is 1.25. The Balaban J connectivity index is 2.76. The average Bonchev–Trinajstić information content (AvgIpc) is 2.52. The lowest BCUT2D eigenvalue weighted by atomic mass is 10.3. The zero-order valence-electron chi connectivity index (χ0n) is 7.70. The lowest BCUT2D eigenvalue weighted by Gasteiger charge is -2.12. The average molecular weight is 168 g/mol. The Morgan fingerprint density at radius 3 is 3.00 bits per heavy atom. The molecule has 0 fully saturated rings. The maximum atomic E-state index is 8.95. The third-order valence-corrected chi connectivity index (χ3v) is 1.96. The first kappa shape index (κ1) is 9.26. The maximum absolute atomic E-state index is 8.95. The minimum absolute atomic E-state index is 0.147. The molecule has 0 spiro atoms. The van der Waals surface area contributed by atoms with Gasteiger partial charge in [0.15, 0.2) is 0 Å². The van der Waals surface area contributed by atoms with E-state index in [1.54, 1.807) is 6.20 Å². The summed E-state index contributed by atoms with van der Waals surface area (Å²) >= 11 is 0. The second kappa shape index (κ2) is 4.26. The van der Waals surface area contributed by atoms with Gasteiger partial charge in [-0.05, 0) is 13.3 Å². The van der Waals surface area contributed by atoms with Gasteiger partial charge in [0.1, 0.15) is 5.82 Å². The van der Waals surface area contributed by atoms with Crippen LogP contribution in [-0.2, 0) is 6.42 Å². The third-order valence-electron chi connectivity index (χ3n) is 1.96. The Kier molecular flexibility index (Phi) is 3.29. The summed E-state index contributed by atoms with van der Waals surface area (Å²) in [6, 6.07) is 0.147. The van der Waals surface area contributed by atoms with Crippen molar-refractivity contribution in [1.29, 1.82) is 0 Å².